The molecule has 264 valence electrons. The number of aromatic hydroxyl groups is 1. The lowest BCUT2D eigenvalue weighted by atomic mass is 10.0. The number of nitrogens with zero attached hydrogens (tertiary/aromatic N) is 1. The number of carbonyl (C=O) groups excluding carboxylic acids is 2. The Hall–Kier alpha value is -5.56. The fourth-order valence-corrected chi connectivity index (χ4v) is 6.26. The van der Waals surface area contributed by atoms with Gasteiger partial charge in [-0.2, -0.15) is 0 Å². The molecule has 2 amide bonds. The van der Waals surface area contributed by atoms with E-state index in [1.54, 1.807) is 18.2 Å². The molecule has 0 bridgehead atoms. The zero-order valence-corrected chi connectivity index (χ0v) is 27.9. The molecule has 1 aromatic heterocycles. The quantitative estimate of drug-likeness (QED) is 0.0943. The third-order valence-electron chi connectivity index (χ3n) is 8.95. The molecule has 0 unspecified atom stereocenters. The molecule has 1 aliphatic rings. The van der Waals surface area contributed by atoms with E-state index < -0.39 is 18.0 Å². The highest BCUT2D eigenvalue weighted by atomic mass is 19.1. The summed E-state index contributed by atoms with van der Waals surface area (Å²) < 4.78 is 20.6. The molecule has 1 atom stereocenters. The number of hydrogen-bond donors (Lipinski definition) is 6. The SMILES string of the molecule is O=C(CCN1CCC(OC(=O)Nc2ccccc2-c2ccccc2)CC1)Nc1ccc(CNC[C@H](O)c2ccc(O)c3[nH]c(=O)ccc23)cc1F. The Morgan fingerprint density at radius 2 is 1.69 bits per heavy atom. The number of phenolic OH excluding ortho intramolecular Hbond substituents is 1. The van der Waals surface area contributed by atoms with E-state index in [1.165, 1.54) is 24.3 Å². The second-order valence-corrected chi connectivity index (χ2v) is 12.5. The highest BCUT2D eigenvalue weighted by Crippen LogP contribution is 2.29. The molecule has 51 heavy (non-hydrogen) atoms. The lowest BCUT2D eigenvalue weighted by Crippen LogP contribution is -2.39. The van der Waals surface area contributed by atoms with Gasteiger partial charge in [0.25, 0.3) is 0 Å². The van der Waals surface area contributed by atoms with Crippen LogP contribution in [-0.4, -0.2) is 64.4 Å². The largest absolute Gasteiger partial charge is 0.506 e. The number of para-hydroxylation sites is 1. The number of benzene rings is 4. The van der Waals surface area contributed by atoms with E-state index >= 15 is 0 Å². The standard InChI is InChI=1S/C39H40FN5O6/c40-31-22-25(23-41-24-35(47)29-11-14-34(46)38-30(29)12-15-36(48)44-38)10-13-33(31)42-37(49)18-21-45-19-16-27(17-20-45)51-39(50)43-32-9-5-4-8-28(32)26-6-2-1-3-7-26/h1-15,22,27,35,41,46-47H,16-21,23-24H2,(H,42,49)(H,43,50)(H,44,48)/t35-/m0/s1. The predicted octanol–water partition coefficient (Wildman–Crippen LogP) is 5.90. The molecule has 0 aliphatic carbocycles. The normalized spacial score (nSPS) is 14.2. The van der Waals surface area contributed by atoms with Gasteiger partial charge in [0.2, 0.25) is 11.5 Å². The molecule has 1 aliphatic heterocycles. The minimum absolute atomic E-state index is 0.0836. The first-order valence-electron chi connectivity index (χ1n) is 16.9. The maximum atomic E-state index is 14.9. The Balaban J connectivity index is 0.906. The van der Waals surface area contributed by atoms with Crippen LogP contribution in [0.3, 0.4) is 0 Å². The van der Waals surface area contributed by atoms with Crippen molar-refractivity contribution in [3.05, 3.63) is 124 Å². The summed E-state index contributed by atoms with van der Waals surface area (Å²) >= 11 is 0. The summed E-state index contributed by atoms with van der Waals surface area (Å²) in [5.74, 6) is -0.968. The number of aromatic amines is 1. The van der Waals surface area contributed by atoms with Crippen LogP contribution in [-0.2, 0) is 16.1 Å². The van der Waals surface area contributed by atoms with Gasteiger partial charge < -0.3 is 35.5 Å². The molecule has 6 rings (SSSR count). The van der Waals surface area contributed by atoms with E-state index in [0.29, 0.717) is 54.7 Å². The van der Waals surface area contributed by atoms with Crippen LogP contribution in [0.4, 0.5) is 20.6 Å². The first kappa shape index (κ1) is 35.3. The number of halogens is 1. The van der Waals surface area contributed by atoms with Crippen LogP contribution < -0.4 is 21.5 Å². The third kappa shape index (κ3) is 9.17. The summed E-state index contributed by atoms with van der Waals surface area (Å²) in [6.07, 6.45) is -0.216. The van der Waals surface area contributed by atoms with Crippen molar-refractivity contribution < 1.29 is 28.9 Å². The van der Waals surface area contributed by atoms with Gasteiger partial charge in [0.15, 0.2) is 0 Å². The summed E-state index contributed by atoms with van der Waals surface area (Å²) in [6.45, 7) is 2.22. The van der Waals surface area contributed by atoms with E-state index in [-0.39, 0.29) is 54.0 Å². The average Bonchev–Trinajstić information content (AvgIpc) is 3.13. The van der Waals surface area contributed by atoms with Crippen molar-refractivity contribution >= 4 is 34.3 Å². The van der Waals surface area contributed by atoms with Crippen molar-refractivity contribution in [2.24, 2.45) is 0 Å². The smallest absolute Gasteiger partial charge is 0.411 e. The number of rotatable bonds is 12. The number of likely N-dealkylation sites (tertiary alicyclic amines) is 1. The topological polar surface area (TPSA) is 156 Å². The molecule has 12 heteroatoms. The van der Waals surface area contributed by atoms with Gasteiger partial charge in [0.1, 0.15) is 17.7 Å². The Labute approximate surface area is 294 Å². The third-order valence-corrected chi connectivity index (χ3v) is 8.95. The van der Waals surface area contributed by atoms with E-state index in [4.69, 9.17) is 4.74 Å². The Kier molecular flexibility index (Phi) is 11.4. The number of phenols is 1. The van der Waals surface area contributed by atoms with Gasteiger partial charge in [-0.25, -0.2) is 9.18 Å². The molecule has 11 nitrogen and oxygen atoms in total. The second kappa shape index (κ2) is 16.4. The predicted molar refractivity (Wildman–Crippen MR) is 194 cm³/mol. The molecule has 6 N–H and O–H groups in total. The first-order valence-corrected chi connectivity index (χ1v) is 16.9. The van der Waals surface area contributed by atoms with Crippen LogP contribution in [0.1, 0.15) is 36.5 Å². The summed E-state index contributed by atoms with van der Waals surface area (Å²) in [7, 11) is 0. The van der Waals surface area contributed by atoms with Crippen LogP contribution in [0, 0.1) is 5.82 Å². The second-order valence-electron chi connectivity index (χ2n) is 12.5. The lowest BCUT2D eigenvalue weighted by Gasteiger charge is -2.31. The van der Waals surface area contributed by atoms with Crippen LogP contribution in [0.15, 0.2) is 102 Å². The molecule has 0 spiro atoms. The van der Waals surface area contributed by atoms with Gasteiger partial charge in [0, 0.05) is 56.2 Å². The van der Waals surface area contributed by atoms with Crippen molar-refractivity contribution in [1.82, 2.24) is 15.2 Å². The van der Waals surface area contributed by atoms with Gasteiger partial charge in [0.05, 0.1) is 23.0 Å². The van der Waals surface area contributed by atoms with Gasteiger partial charge >= 0.3 is 6.09 Å². The number of piperidine rings is 1. The lowest BCUT2D eigenvalue weighted by molar-refractivity contribution is -0.116. The van der Waals surface area contributed by atoms with Gasteiger partial charge in [-0.15, -0.1) is 0 Å². The zero-order valence-electron chi connectivity index (χ0n) is 27.9. The maximum absolute atomic E-state index is 14.9. The van der Waals surface area contributed by atoms with Gasteiger partial charge in [-0.1, -0.05) is 60.7 Å². The molecule has 0 saturated carbocycles. The Morgan fingerprint density at radius 3 is 2.47 bits per heavy atom. The van der Waals surface area contributed by atoms with Crippen molar-refractivity contribution in [2.45, 2.75) is 38.0 Å². The van der Waals surface area contributed by atoms with Crippen LogP contribution >= 0.6 is 0 Å². The number of aliphatic hydroxyl groups excluding tert-OH is 1. The van der Waals surface area contributed by atoms with Gasteiger partial charge in [-0.3, -0.25) is 14.9 Å². The van der Waals surface area contributed by atoms with Crippen molar-refractivity contribution in [1.29, 1.82) is 0 Å². The number of anilines is 2. The number of ether oxygens (including phenoxy) is 1. The zero-order chi connectivity index (χ0) is 35.7. The average molecular weight is 694 g/mol. The number of nitrogens with one attached hydrogen (secondary N) is 4. The number of amides is 2. The number of hydrogen-bond acceptors (Lipinski definition) is 8. The van der Waals surface area contributed by atoms with Crippen molar-refractivity contribution in [2.75, 3.05) is 36.8 Å². The fraction of sp³-hybridized carbons (Fsp3) is 0.256. The molecule has 5 aromatic rings. The summed E-state index contributed by atoms with van der Waals surface area (Å²) in [4.78, 5) is 41.7. The fourth-order valence-electron chi connectivity index (χ4n) is 6.26. The van der Waals surface area contributed by atoms with Crippen LogP contribution in [0.2, 0.25) is 0 Å². The number of H-pyrrole nitrogens is 1. The highest BCUT2D eigenvalue weighted by molar-refractivity contribution is 5.92. The number of fused-ring (bicyclic) bond motifs is 1. The minimum Gasteiger partial charge on any atom is -0.506 e. The molecule has 2 heterocycles. The number of carbonyl (C=O) groups is 2. The molecule has 4 aromatic carbocycles. The molecule has 0 radical (unpaired) electrons. The van der Waals surface area contributed by atoms with E-state index in [2.05, 4.69) is 25.8 Å². The maximum Gasteiger partial charge on any atom is 0.411 e. The first-order chi connectivity index (χ1) is 24.7. The molecular formula is C39H40FN5O6. The van der Waals surface area contributed by atoms with Crippen molar-refractivity contribution in [3.63, 3.8) is 0 Å². The monoisotopic (exact) mass is 693 g/mol. The summed E-state index contributed by atoms with van der Waals surface area (Å²) in [5.41, 5.74) is 3.69. The van der Waals surface area contributed by atoms with Crippen molar-refractivity contribution in [3.8, 4) is 16.9 Å². The molecule has 1 saturated heterocycles. The Bertz CT molecular complexity index is 2050. The molecule has 1 fully saturated rings. The van der Waals surface area contributed by atoms with E-state index in [9.17, 15) is 29.0 Å². The van der Waals surface area contributed by atoms with E-state index in [0.717, 1.165) is 11.1 Å². The van der Waals surface area contributed by atoms with Crippen LogP contribution in [0.5, 0.6) is 5.75 Å². The molecular weight excluding hydrogens is 653 g/mol. The van der Waals surface area contributed by atoms with Gasteiger partial charge in [-0.05, 0) is 59.9 Å². The minimum atomic E-state index is -0.950. The number of aliphatic hydroxyl groups is 1. The number of pyridine rings is 1. The van der Waals surface area contributed by atoms with Crippen LogP contribution in [0.25, 0.3) is 22.0 Å². The highest BCUT2D eigenvalue weighted by Gasteiger charge is 2.23. The Morgan fingerprint density at radius 1 is 0.922 bits per heavy atom. The summed E-state index contributed by atoms with van der Waals surface area (Å²) in [5, 5.41) is 30.0. The number of aromatic nitrogens is 1. The van der Waals surface area contributed by atoms with E-state index in [1.807, 2.05) is 54.6 Å². The summed E-state index contributed by atoms with van der Waals surface area (Å²) in [6, 6.07) is 27.8.